The molecule has 0 aliphatic carbocycles. The van der Waals surface area contributed by atoms with Gasteiger partial charge in [-0.25, -0.2) is 9.78 Å². The minimum atomic E-state index is -0.460. The van der Waals surface area contributed by atoms with Gasteiger partial charge in [0.2, 0.25) is 0 Å². The third-order valence-corrected chi connectivity index (χ3v) is 4.67. The Bertz CT molecular complexity index is 965. The molecule has 8 nitrogen and oxygen atoms in total. The van der Waals surface area contributed by atoms with Crippen LogP contribution in [-0.4, -0.2) is 50.1 Å². The standard InChI is InChI=1S/C17H23N5O3/c1-9-6-12(15(23)22-7-10(2)18-11(3)8-22)19-14-13(9)16(24)21(5)17(25)20(14)4/h6,10-11,18H,7-8H2,1-5H3/t10-,11-/m1/s1. The van der Waals surface area contributed by atoms with E-state index in [0.29, 0.717) is 24.0 Å². The van der Waals surface area contributed by atoms with Crippen LogP contribution in [0.5, 0.6) is 0 Å². The van der Waals surface area contributed by atoms with Crippen LogP contribution in [0, 0.1) is 6.92 Å². The van der Waals surface area contributed by atoms with Crippen LogP contribution in [0.15, 0.2) is 15.7 Å². The van der Waals surface area contributed by atoms with E-state index < -0.39 is 11.2 Å². The lowest BCUT2D eigenvalue weighted by molar-refractivity contribution is 0.0668. The smallest absolute Gasteiger partial charge is 0.332 e. The summed E-state index contributed by atoms with van der Waals surface area (Å²) in [6, 6.07) is 2.03. The van der Waals surface area contributed by atoms with Crippen molar-refractivity contribution >= 4 is 16.9 Å². The van der Waals surface area contributed by atoms with Crippen LogP contribution in [0.3, 0.4) is 0 Å². The molecule has 1 fully saturated rings. The minimum Gasteiger partial charge on any atom is -0.334 e. The van der Waals surface area contributed by atoms with Gasteiger partial charge in [0.25, 0.3) is 11.5 Å². The Morgan fingerprint density at radius 3 is 2.36 bits per heavy atom. The number of pyridine rings is 1. The van der Waals surface area contributed by atoms with Gasteiger partial charge in [-0.05, 0) is 32.4 Å². The van der Waals surface area contributed by atoms with Crippen molar-refractivity contribution in [3.05, 3.63) is 38.2 Å². The highest BCUT2D eigenvalue weighted by molar-refractivity contribution is 5.95. The molecule has 1 N–H and O–H groups in total. The largest absolute Gasteiger partial charge is 0.334 e. The summed E-state index contributed by atoms with van der Waals surface area (Å²) in [6.07, 6.45) is 0. The molecule has 2 aromatic heterocycles. The van der Waals surface area contributed by atoms with Gasteiger partial charge < -0.3 is 10.2 Å². The molecule has 2 atom stereocenters. The van der Waals surface area contributed by atoms with E-state index in [9.17, 15) is 14.4 Å². The maximum absolute atomic E-state index is 12.9. The number of aryl methyl sites for hydroxylation is 2. The third kappa shape index (κ3) is 2.86. The van der Waals surface area contributed by atoms with Crippen LogP contribution in [0.4, 0.5) is 0 Å². The highest BCUT2D eigenvalue weighted by Crippen LogP contribution is 2.15. The van der Waals surface area contributed by atoms with E-state index >= 15 is 0 Å². The maximum Gasteiger partial charge on any atom is 0.332 e. The normalized spacial score (nSPS) is 20.9. The van der Waals surface area contributed by atoms with Gasteiger partial charge in [0.05, 0.1) is 5.39 Å². The Labute approximate surface area is 145 Å². The number of aromatic nitrogens is 3. The predicted molar refractivity (Wildman–Crippen MR) is 94.9 cm³/mol. The number of nitrogens with zero attached hydrogens (tertiary/aromatic N) is 4. The molecule has 0 radical (unpaired) electrons. The van der Waals surface area contributed by atoms with Crippen LogP contribution in [0.2, 0.25) is 0 Å². The summed E-state index contributed by atoms with van der Waals surface area (Å²) in [4.78, 5) is 43.6. The fourth-order valence-corrected chi connectivity index (χ4v) is 3.50. The predicted octanol–water partition coefficient (Wildman–Crippen LogP) is -0.237. The fourth-order valence-electron chi connectivity index (χ4n) is 3.50. The number of hydrogen-bond acceptors (Lipinski definition) is 5. The van der Waals surface area contributed by atoms with Gasteiger partial charge in [0.1, 0.15) is 11.3 Å². The lowest BCUT2D eigenvalue weighted by atomic mass is 10.1. The van der Waals surface area contributed by atoms with Crippen LogP contribution < -0.4 is 16.6 Å². The average molecular weight is 345 g/mol. The number of hydrogen-bond donors (Lipinski definition) is 1. The first-order valence-electron chi connectivity index (χ1n) is 8.33. The Kier molecular flexibility index (Phi) is 4.24. The summed E-state index contributed by atoms with van der Waals surface area (Å²) in [5.74, 6) is -0.182. The molecule has 3 rings (SSSR count). The molecule has 8 heteroatoms. The first-order chi connectivity index (χ1) is 11.7. The van der Waals surface area contributed by atoms with Crippen molar-refractivity contribution in [2.45, 2.75) is 32.9 Å². The van der Waals surface area contributed by atoms with Crippen LogP contribution in [0.25, 0.3) is 11.0 Å². The third-order valence-electron chi connectivity index (χ3n) is 4.67. The zero-order chi connectivity index (χ0) is 18.5. The van der Waals surface area contributed by atoms with Gasteiger partial charge >= 0.3 is 5.69 Å². The van der Waals surface area contributed by atoms with Gasteiger partial charge in [0, 0.05) is 39.3 Å². The summed E-state index contributed by atoms with van der Waals surface area (Å²) < 4.78 is 2.36. The Hall–Kier alpha value is -2.48. The van der Waals surface area contributed by atoms with Crippen LogP contribution >= 0.6 is 0 Å². The van der Waals surface area contributed by atoms with Gasteiger partial charge in [-0.2, -0.15) is 0 Å². The Balaban J connectivity index is 2.14. The van der Waals surface area contributed by atoms with E-state index in [1.807, 2.05) is 13.8 Å². The first-order valence-corrected chi connectivity index (χ1v) is 8.33. The summed E-state index contributed by atoms with van der Waals surface area (Å²) in [5.41, 5.74) is 0.285. The second-order valence-electron chi connectivity index (χ2n) is 6.91. The molecule has 1 amide bonds. The maximum atomic E-state index is 12.9. The molecule has 0 spiro atoms. The molecular weight excluding hydrogens is 322 g/mol. The monoisotopic (exact) mass is 345 g/mol. The van der Waals surface area contributed by atoms with Crippen LogP contribution in [-0.2, 0) is 14.1 Å². The number of carbonyl (C=O) groups is 1. The zero-order valence-corrected chi connectivity index (χ0v) is 15.2. The van der Waals surface area contributed by atoms with Crippen molar-refractivity contribution in [1.82, 2.24) is 24.3 Å². The molecule has 0 aromatic carbocycles. The molecule has 0 unspecified atom stereocenters. The van der Waals surface area contributed by atoms with E-state index in [-0.39, 0.29) is 29.3 Å². The molecule has 3 heterocycles. The highest BCUT2D eigenvalue weighted by atomic mass is 16.2. The minimum absolute atomic E-state index is 0.182. The van der Waals surface area contributed by atoms with E-state index in [2.05, 4.69) is 10.3 Å². The van der Waals surface area contributed by atoms with E-state index in [4.69, 9.17) is 0 Å². The SMILES string of the molecule is Cc1cc(C(=O)N2C[C@@H](C)N[C@H](C)C2)nc2c1c(=O)n(C)c(=O)n2C. The molecule has 0 bridgehead atoms. The quantitative estimate of drug-likeness (QED) is 0.771. The van der Waals surface area contributed by atoms with Crippen molar-refractivity contribution in [3.8, 4) is 0 Å². The van der Waals surface area contributed by atoms with E-state index in [0.717, 1.165) is 4.57 Å². The molecule has 25 heavy (non-hydrogen) atoms. The number of fused-ring (bicyclic) bond motifs is 1. The van der Waals surface area contributed by atoms with Gasteiger partial charge in [-0.1, -0.05) is 0 Å². The Morgan fingerprint density at radius 2 is 1.76 bits per heavy atom. The number of rotatable bonds is 1. The summed E-state index contributed by atoms with van der Waals surface area (Å²) >= 11 is 0. The first kappa shape index (κ1) is 17.3. The van der Waals surface area contributed by atoms with Crippen molar-refractivity contribution in [3.63, 3.8) is 0 Å². The van der Waals surface area contributed by atoms with Crippen molar-refractivity contribution in [2.75, 3.05) is 13.1 Å². The number of carbonyl (C=O) groups excluding carboxylic acids is 1. The molecule has 1 aliphatic rings. The van der Waals surface area contributed by atoms with Gasteiger partial charge in [-0.15, -0.1) is 0 Å². The summed E-state index contributed by atoms with van der Waals surface area (Å²) in [7, 11) is 2.99. The molecule has 1 saturated heterocycles. The second-order valence-corrected chi connectivity index (χ2v) is 6.91. The van der Waals surface area contributed by atoms with Crippen molar-refractivity contribution in [2.24, 2.45) is 14.1 Å². The summed E-state index contributed by atoms with van der Waals surface area (Å²) in [6.45, 7) is 7.01. The van der Waals surface area contributed by atoms with Gasteiger partial charge in [-0.3, -0.25) is 18.7 Å². The zero-order valence-electron chi connectivity index (χ0n) is 15.2. The second kappa shape index (κ2) is 6.11. The lowest BCUT2D eigenvalue weighted by Gasteiger charge is -2.36. The Morgan fingerprint density at radius 1 is 1.16 bits per heavy atom. The highest BCUT2D eigenvalue weighted by Gasteiger charge is 2.27. The molecule has 1 aliphatic heterocycles. The topological polar surface area (TPSA) is 89.2 Å². The number of amides is 1. The van der Waals surface area contributed by atoms with E-state index in [1.54, 1.807) is 24.9 Å². The molecule has 2 aromatic rings. The van der Waals surface area contributed by atoms with Crippen molar-refractivity contribution < 1.29 is 4.79 Å². The number of nitrogens with one attached hydrogen (secondary N) is 1. The van der Waals surface area contributed by atoms with Crippen LogP contribution in [0.1, 0.15) is 29.9 Å². The lowest BCUT2D eigenvalue weighted by Crippen LogP contribution is -2.56. The average Bonchev–Trinajstić information content (AvgIpc) is 2.55. The van der Waals surface area contributed by atoms with Crippen molar-refractivity contribution in [1.29, 1.82) is 0 Å². The van der Waals surface area contributed by atoms with E-state index in [1.165, 1.54) is 11.6 Å². The molecule has 134 valence electrons. The van der Waals surface area contributed by atoms with Gasteiger partial charge in [0.15, 0.2) is 0 Å². The summed E-state index contributed by atoms with van der Waals surface area (Å²) in [5, 5.41) is 3.75. The molecular formula is C17H23N5O3. The fraction of sp³-hybridized carbons (Fsp3) is 0.529. The molecule has 0 saturated carbocycles. The number of piperazine rings is 1.